The lowest BCUT2D eigenvalue weighted by atomic mass is 9.93. The Bertz CT molecular complexity index is 984. The predicted octanol–water partition coefficient (Wildman–Crippen LogP) is 3.36. The third kappa shape index (κ3) is 3.18. The number of furan rings is 1. The number of Topliss-reactive ketones (excluding diaryl/α,β-unsaturated/α-hetero) is 1. The molecule has 0 bridgehead atoms. The molecular formula is C20H18O6. The number of benzene rings is 2. The number of rotatable bonds is 6. The Balaban J connectivity index is 2.10. The van der Waals surface area contributed by atoms with Crippen LogP contribution in [0.15, 0.2) is 46.9 Å². The Morgan fingerprint density at radius 1 is 0.923 bits per heavy atom. The van der Waals surface area contributed by atoms with Crippen molar-refractivity contribution in [3.8, 4) is 0 Å². The fraction of sp³-hybridized carbons (Fsp3) is 0.250. The van der Waals surface area contributed by atoms with E-state index in [1.807, 2.05) is 24.3 Å². The molecule has 0 spiro atoms. The molecule has 6 nitrogen and oxygen atoms in total. The van der Waals surface area contributed by atoms with Crippen LogP contribution in [0.2, 0.25) is 0 Å². The first-order valence-electron chi connectivity index (χ1n) is 8.35. The molecule has 3 aromatic rings. The van der Waals surface area contributed by atoms with Gasteiger partial charge in [0.1, 0.15) is 11.2 Å². The summed E-state index contributed by atoms with van der Waals surface area (Å²) in [7, 11) is 0. The Kier molecular flexibility index (Phi) is 5.02. The first-order valence-corrected chi connectivity index (χ1v) is 8.35. The number of para-hydroxylation sites is 1. The predicted molar refractivity (Wildman–Crippen MR) is 94.7 cm³/mol. The zero-order valence-corrected chi connectivity index (χ0v) is 14.5. The molecule has 6 heteroatoms. The third-order valence-electron chi connectivity index (χ3n) is 4.00. The highest BCUT2D eigenvalue weighted by Crippen LogP contribution is 2.31. The number of ether oxygens (including phenoxy) is 2. The van der Waals surface area contributed by atoms with Crippen LogP contribution in [-0.2, 0) is 23.9 Å². The summed E-state index contributed by atoms with van der Waals surface area (Å²) in [6, 6.07) is 12.4. The number of hydrogen-bond acceptors (Lipinski definition) is 6. The van der Waals surface area contributed by atoms with Crippen LogP contribution in [0.3, 0.4) is 0 Å². The summed E-state index contributed by atoms with van der Waals surface area (Å²) in [5.74, 6) is -4.15. The van der Waals surface area contributed by atoms with Crippen molar-refractivity contribution in [3.05, 3.63) is 48.0 Å². The molecule has 1 unspecified atom stereocenters. The van der Waals surface area contributed by atoms with Gasteiger partial charge in [-0.2, -0.15) is 0 Å². The SMILES string of the molecule is CCOC(=O)C(=O)C(C(=O)OCC)c1ccc2oc3ccccc3c2c1. The van der Waals surface area contributed by atoms with Crippen molar-refractivity contribution < 1.29 is 28.3 Å². The zero-order valence-electron chi connectivity index (χ0n) is 14.5. The van der Waals surface area contributed by atoms with Crippen molar-refractivity contribution in [3.63, 3.8) is 0 Å². The van der Waals surface area contributed by atoms with Crippen LogP contribution in [0.25, 0.3) is 21.9 Å². The molecule has 0 fully saturated rings. The highest BCUT2D eigenvalue weighted by molar-refractivity contribution is 6.40. The van der Waals surface area contributed by atoms with Crippen molar-refractivity contribution in [2.75, 3.05) is 13.2 Å². The highest BCUT2D eigenvalue weighted by Gasteiger charge is 2.35. The second kappa shape index (κ2) is 7.39. The topological polar surface area (TPSA) is 82.8 Å². The molecule has 134 valence electrons. The van der Waals surface area contributed by atoms with Crippen LogP contribution in [0.4, 0.5) is 0 Å². The molecule has 3 rings (SSSR count). The van der Waals surface area contributed by atoms with Crippen LogP contribution < -0.4 is 0 Å². The quantitative estimate of drug-likeness (QED) is 0.383. The average Bonchev–Trinajstić information content (AvgIpc) is 3.00. The van der Waals surface area contributed by atoms with E-state index >= 15 is 0 Å². The van der Waals surface area contributed by atoms with Gasteiger partial charge in [-0.15, -0.1) is 0 Å². The molecule has 0 aliphatic carbocycles. The number of carbonyl (C=O) groups is 3. The van der Waals surface area contributed by atoms with Gasteiger partial charge >= 0.3 is 11.9 Å². The summed E-state index contributed by atoms with van der Waals surface area (Å²) in [6.07, 6.45) is 0. The number of esters is 2. The van der Waals surface area contributed by atoms with Crippen LogP contribution in [0.1, 0.15) is 25.3 Å². The molecule has 0 aliphatic heterocycles. The van der Waals surface area contributed by atoms with E-state index in [4.69, 9.17) is 13.9 Å². The first-order chi connectivity index (χ1) is 12.6. The van der Waals surface area contributed by atoms with Gasteiger partial charge in [-0.05, 0) is 37.6 Å². The van der Waals surface area contributed by atoms with Gasteiger partial charge in [-0.1, -0.05) is 24.3 Å². The van der Waals surface area contributed by atoms with Crippen molar-refractivity contribution in [2.45, 2.75) is 19.8 Å². The maximum absolute atomic E-state index is 12.5. The molecule has 1 heterocycles. The molecule has 26 heavy (non-hydrogen) atoms. The average molecular weight is 354 g/mol. The molecule has 0 saturated carbocycles. The highest BCUT2D eigenvalue weighted by atomic mass is 16.5. The Morgan fingerprint density at radius 2 is 1.62 bits per heavy atom. The molecule has 1 aromatic heterocycles. The van der Waals surface area contributed by atoms with E-state index in [-0.39, 0.29) is 13.2 Å². The van der Waals surface area contributed by atoms with Gasteiger partial charge in [-0.25, -0.2) is 4.79 Å². The largest absolute Gasteiger partial charge is 0.465 e. The Labute approximate surface area is 149 Å². The molecule has 0 radical (unpaired) electrons. The maximum atomic E-state index is 12.5. The van der Waals surface area contributed by atoms with E-state index in [0.717, 1.165) is 10.8 Å². The fourth-order valence-corrected chi connectivity index (χ4v) is 2.86. The summed E-state index contributed by atoms with van der Waals surface area (Å²) in [6.45, 7) is 3.37. The summed E-state index contributed by atoms with van der Waals surface area (Å²) >= 11 is 0. The van der Waals surface area contributed by atoms with Gasteiger partial charge < -0.3 is 13.9 Å². The minimum absolute atomic E-state index is 0.0471. The van der Waals surface area contributed by atoms with Gasteiger partial charge in [0.2, 0.25) is 0 Å². The molecule has 2 aromatic carbocycles. The van der Waals surface area contributed by atoms with Crippen molar-refractivity contribution >= 4 is 39.7 Å². The summed E-state index contributed by atoms with van der Waals surface area (Å²) < 4.78 is 15.5. The molecule has 0 aliphatic rings. The standard InChI is InChI=1S/C20H18O6/c1-3-24-19(22)17(18(21)20(23)25-4-2)12-9-10-16-14(11-12)13-7-5-6-8-15(13)26-16/h5-11,17H,3-4H2,1-2H3. The minimum Gasteiger partial charge on any atom is -0.465 e. The van der Waals surface area contributed by atoms with Gasteiger partial charge in [0.05, 0.1) is 13.2 Å². The Morgan fingerprint density at radius 3 is 2.35 bits per heavy atom. The third-order valence-corrected chi connectivity index (χ3v) is 4.00. The first kappa shape index (κ1) is 17.7. The summed E-state index contributed by atoms with van der Waals surface area (Å²) in [4.78, 5) is 36.7. The minimum atomic E-state index is -1.37. The number of hydrogen-bond donors (Lipinski definition) is 0. The van der Waals surface area contributed by atoms with E-state index in [0.29, 0.717) is 16.7 Å². The van der Waals surface area contributed by atoms with Gasteiger partial charge in [-0.3, -0.25) is 9.59 Å². The lowest BCUT2D eigenvalue weighted by Gasteiger charge is -2.14. The lowest BCUT2D eigenvalue weighted by molar-refractivity contribution is -0.159. The summed E-state index contributed by atoms with van der Waals surface area (Å²) in [5.41, 5.74) is 1.69. The van der Waals surface area contributed by atoms with Crippen molar-refractivity contribution in [1.82, 2.24) is 0 Å². The Hall–Kier alpha value is -3.15. The second-order valence-electron chi connectivity index (χ2n) is 5.62. The lowest BCUT2D eigenvalue weighted by Crippen LogP contribution is -2.31. The molecule has 0 amide bonds. The number of carbonyl (C=O) groups excluding carboxylic acids is 3. The number of ketones is 1. The molecular weight excluding hydrogens is 336 g/mol. The van der Waals surface area contributed by atoms with Gasteiger partial charge in [0, 0.05) is 10.8 Å². The van der Waals surface area contributed by atoms with E-state index in [1.54, 1.807) is 32.0 Å². The van der Waals surface area contributed by atoms with Crippen molar-refractivity contribution in [2.24, 2.45) is 0 Å². The van der Waals surface area contributed by atoms with Crippen LogP contribution >= 0.6 is 0 Å². The molecule has 0 N–H and O–H groups in total. The fourth-order valence-electron chi connectivity index (χ4n) is 2.86. The number of fused-ring (bicyclic) bond motifs is 3. The molecule has 0 saturated heterocycles. The van der Waals surface area contributed by atoms with Crippen LogP contribution in [0, 0.1) is 0 Å². The van der Waals surface area contributed by atoms with E-state index in [2.05, 4.69) is 0 Å². The van der Waals surface area contributed by atoms with Gasteiger partial charge in [0.25, 0.3) is 5.78 Å². The summed E-state index contributed by atoms with van der Waals surface area (Å²) in [5, 5.41) is 1.61. The van der Waals surface area contributed by atoms with E-state index in [9.17, 15) is 14.4 Å². The maximum Gasteiger partial charge on any atom is 0.375 e. The monoisotopic (exact) mass is 354 g/mol. The van der Waals surface area contributed by atoms with E-state index < -0.39 is 23.6 Å². The van der Waals surface area contributed by atoms with E-state index in [1.165, 1.54) is 0 Å². The molecule has 1 atom stereocenters. The van der Waals surface area contributed by atoms with Crippen LogP contribution in [0.5, 0.6) is 0 Å². The van der Waals surface area contributed by atoms with Crippen molar-refractivity contribution in [1.29, 1.82) is 0 Å². The second-order valence-corrected chi connectivity index (χ2v) is 5.62. The zero-order chi connectivity index (χ0) is 18.7. The normalized spacial score (nSPS) is 12.1. The van der Waals surface area contributed by atoms with Crippen LogP contribution in [-0.4, -0.2) is 30.9 Å². The van der Waals surface area contributed by atoms with Gasteiger partial charge in [0.15, 0.2) is 5.92 Å². The smallest absolute Gasteiger partial charge is 0.375 e.